The smallest absolute Gasteiger partial charge is 0.0540 e. The number of likely N-dealkylation sites (N-methyl/N-ethyl adjacent to an activating group) is 1. The molecule has 4 aliphatic heterocycles. The van der Waals surface area contributed by atoms with Gasteiger partial charge in [-0.1, -0.05) is 27.2 Å². The molecule has 104 valence electrons. The van der Waals surface area contributed by atoms with E-state index in [2.05, 4.69) is 47.9 Å². The number of rotatable bonds is 4. The van der Waals surface area contributed by atoms with Crippen LogP contribution in [0.3, 0.4) is 0 Å². The van der Waals surface area contributed by atoms with E-state index in [9.17, 15) is 0 Å². The van der Waals surface area contributed by atoms with Crippen molar-refractivity contribution in [2.45, 2.75) is 46.1 Å². The van der Waals surface area contributed by atoms with E-state index in [-0.39, 0.29) is 0 Å². The highest BCUT2D eigenvalue weighted by Gasteiger charge is 2.60. The lowest BCUT2D eigenvalue weighted by Crippen LogP contribution is -2.85. The third-order valence-electron chi connectivity index (χ3n) is 5.58. The van der Waals surface area contributed by atoms with Gasteiger partial charge in [-0.2, -0.15) is 10.2 Å². The van der Waals surface area contributed by atoms with Gasteiger partial charge in [0.1, 0.15) is 0 Å². The average Bonchev–Trinajstić information content (AvgIpc) is 2.38. The molecule has 0 aromatic rings. The summed E-state index contributed by atoms with van der Waals surface area (Å²) < 4.78 is 0. The molecule has 0 spiro atoms. The fraction of sp³-hybridized carbons (Fsp3) is 1.00. The normalized spacial score (nSPS) is 48.0. The Morgan fingerprint density at radius 2 is 1.83 bits per heavy atom. The Labute approximate surface area is 111 Å². The summed E-state index contributed by atoms with van der Waals surface area (Å²) in [5.41, 5.74) is 0.399. The topological polar surface area (TPSA) is 13.0 Å². The molecule has 4 fully saturated rings. The van der Waals surface area contributed by atoms with E-state index in [1.807, 2.05) is 0 Å². The molecule has 0 aromatic carbocycles. The Morgan fingerprint density at radius 1 is 1.06 bits per heavy atom. The SMILES string of the molecule is CCC1C2CN3CC1(CC)N(CC)N(C2)N3CC. The zero-order valence-electron chi connectivity index (χ0n) is 12.4. The number of nitrogens with zero attached hydrogens (tertiary/aromatic N) is 4. The molecule has 4 saturated heterocycles. The Morgan fingerprint density at radius 3 is 2.39 bits per heavy atom. The predicted molar refractivity (Wildman–Crippen MR) is 73.3 cm³/mol. The van der Waals surface area contributed by atoms with E-state index >= 15 is 0 Å². The van der Waals surface area contributed by atoms with Crippen molar-refractivity contribution < 1.29 is 0 Å². The minimum absolute atomic E-state index is 0.399. The molecular weight excluding hydrogens is 224 g/mol. The van der Waals surface area contributed by atoms with Gasteiger partial charge in [-0.25, -0.2) is 10.0 Å². The maximum atomic E-state index is 2.68. The summed E-state index contributed by atoms with van der Waals surface area (Å²) in [5, 5.41) is 10.3. The molecule has 0 radical (unpaired) electrons. The Bertz CT molecular complexity index is 321. The summed E-state index contributed by atoms with van der Waals surface area (Å²) >= 11 is 0. The molecule has 4 nitrogen and oxygen atoms in total. The molecule has 0 aromatic heterocycles. The van der Waals surface area contributed by atoms with Gasteiger partial charge in [0.2, 0.25) is 0 Å². The van der Waals surface area contributed by atoms with Gasteiger partial charge in [0.05, 0.1) is 5.54 Å². The summed E-state index contributed by atoms with van der Waals surface area (Å²) in [7, 11) is 0. The highest BCUT2D eigenvalue weighted by atomic mass is 16.0. The van der Waals surface area contributed by atoms with Crippen LogP contribution in [0.4, 0.5) is 0 Å². The van der Waals surface area contributed by atoms with Crippen LogP contribution < -0.4 is 0 Å². The highest BCUT2D eigenvalue weighted by molar-refractivity contribution is 5.08. The zero-order chi connectivity index (χ0) is 12.9. The summed E-state index contributed by atoms with van der Waals surface area (Å²) in [5.74, 6) is 1.75. The standard InChI is InChI=1S/C14H28N4/c1-5-13-12-9-15-11-14(13,6-2)16(7-3)18(10-12)17(15)8-4/h12-13H,5-11H2,1-4H3. The second-order valence-corrected chi connectivity index (χ2v) is 6.04. The molecule has 4 bridgehead atoms. The van der Waals surface area contributed by atoms with Crippen molar-refractivity contribution in [3.8, 4) is 0 Å². The van der Waals surface area contributed by atoms with Crippen LogP contribution >= 0.6 is 0 Å². The largest absolute Gasteiger partial charge is 0.225 e. The van der Waals surface area contributed by atoms with E-state index in [1.54, 1.807) is 0 Å². The Balaban J connectivity index is 2.00. The van der Waals surface area contributed by atoms with Crippen LogP contribution in [0.15, 0.2) is 0 Å². The third kappa shape index (κ3) is 1.40. The molecule has 4 heterocycles. The Hall–Kier alpha value is -0.160. The van der Waals surface area contributed by atoms with Crippen LogP contribution in [0.25, 0.3) is 0 Å². The van der Waals surface area contributed by atoms with Gasteiger partial charge in [-0.3, -0.25) is 0 Å². The molecule has 5 unspecified atom stereocenters. The maximum Gasteiger partial charge on any atom is 0.0540 e. The van der Waals surface area contributed by atoms with E-state index in [4.69, 9.17) is 0 Å². The molecule has 4 heteroatoms. The van der Waals surface area contributed by atoms with Crippen molar-refractivity contribution in [1.82, 2.24) is 20.3 Å². The molecule has 0 N–H and O–H groups in total. The van der Waals surface area contributed by atoms with E-state index in [0.717, 1.165) is 24.9 Å². The molecule has 0 aliphatic carbocycles. The summed E-state index contributed by atoms with van der Waals surface area (Å²) in [6, 6.07) is 0. The van der Waals surface area contributed by atoms with Crippen LogP contribution in [-0.4, -0.2) is 58.5 Å². The van der Waals surface area contributed by atoms with Gasteiger partial charge in [-0.15, -0.1) is 0 Å². The highest BCUT2D eigenvalue weighted by Crippen LogP contribution is 2.49. The van der Waals surface area contributed by atoms with Crippen molar-refractivity contribution in [3.63, 3.8) is 0 Å². The minimum atomic E-state index is 0.399. The molecule has 0 saturated carbocycles. The number of hydrogen-bond donors (Lipinski definition) is 0. The van der Waals surface area contributed by atoms with Gasteiger partial charge in [0.25, 0.3) is 0 Å². The molecular formula is C14H28N4. The number of hydrazine groups is 3. The van der Waals surface area contributed by atoms with Crippen LogP contribution in [0.2, 0.25) is 0 Å². The first-order chi connectivity index (χ1) is 8.71. The second-order valence-electron chi connectivity index (χ2n) is 6.04. The van der Waals surface area contributed by atoms with Crippen LogP contribution in [0.1, 0.15) is 40.5 Å². The molecule has 4 aliphatic rings. The summed E-state index contributed by atoms with van der Waals surface area (Å²) in [6.45, 7) is 15.3. The van der Waals surface area contributed by atoms with Crippen molar-refractivity contribution in [3.05, 3.63) is 0 Å². The fourth-order valence-electron chi connectivity index (χ4n) is 4.98. The van der Waals surface area contributed by atoms with Crippen molar-refractivity contribution in [2.24, 2.45) is 11.8 Å². The molecule has 4 rings (SSSR count). The Kier molecular flexibility index (Phi) is 3.17. The zero-order valence-corrected chi connectivity index (χ0v) is 12.4. The van der Waals surface area contributed by atoms with Gasteiger partial charge >= 0.3 is 0 Å². The van der Waals surface area contributed by atoms with Gasteiger partial charge < -0.3 is 0 Å². The van der Waals surface area contributed by atoms with E-state index < -0.39 is 0 Å². The second kappa shape index (κ2) is 4.44. The van der Waals surface area contributed by atoms with E-state index in [1.165, 1.54) is 32.5 Å². The lowest BCUT2D eigenvalue weighted by Gasteiger charge is -2.71. The van der Waals surface area contributed by atoms with Crippen LogP contribution in [0.5, 0.6) is 0 Å². The summed E-state index contributed by atoms with van der Waals surface area (Å²) in [6.07, 6.45) is 2.61. The first-order valence-corrected chi connectivity index (χ1v) is 7.79. The monoisotopic (exact) mass is 252 g/mol. The predicted octanol–water partition coefficient (Wildman–Crippen LogP) is 1.81. The molecule has 0 amide bonds. The lowest BCUT2D eigenvalue weighted by molar-refractivity contribution is -0.416. The van der Waals surface area contributed by atoms with E-state index in [0.29, 0.717) is 5.54 Å². The van der Waals surface area contributed by atoms with Crippen LogP contribution in [-0.2, 0) is 0 Å². The van der Waals surface area contributed by atoms with Gasteiger partial charge in [-0.05, 0) is 25.2 Å². The fourth-order valence-corrected chi connectivity index (χ4v) is 4.98. The first-order valence-electron chi connectivity index (χ1n) is 7.79. The molecule has 5 atom stereocenters. The third-order valence-corrected chi connectivity index (χ3v) is 5.58. The lowest BCUT2D eigenvalue weighted by atomic mass is 9.67. The van der Waals surface area contributed by atoms with Gasteiger partial charge in [0, 0.05) is 32.7 Å². The average molecular weight is 252 g/mol. The van der Waals surface area contributed by atoms with Gasteiger partial charge in [0.15, 0.2) is 0 Å². The van der Waals surface area contributed by atoms with Crippen molar-refractivity contribution >= 4 is 0 Å². The maximum absolute atomic E-state index is 2.68. The summed E-state index contributed by atoms with van der Waals surface area (Å²) in [4.78, 5) is 0. The quantitative estimate of drug-likeness (QED) is 0.756. The number of piperidine rings is 1. The molecule has 18 heavy (non-hydrogen) atoms. The number of hydrogen-bond acceptors (Lipinski definition) is 4. The first kappa shape index (κ1) is 12.9. The minimum Gasteiger partial charge on any atom is -0.225 e. The van der Waals surface area contributed by atoms with Crippen LogP contribution in [0, 0.1) is 11.8 Å². The van der Waals surface area contributed by atoms with Crippen molar-refractivity contribution in [1.29, 1.82) is 0 Å². The van der Waals surface area contributed by atoms with Crippen molar-refractivity contribution in [2.75, 3.05) is 32.7 Å².